The van der Waals surface area contributed by atoms with E-state index in [0.29, 0.717) is 5.92 Å². The molecule has 0 heterocycles. The Bertz CT molecular complexity index is 444. The number of carbonyl (C=O) groups is 1. The number of benzene rings is 1. The Kier molecular flexibility index (Phi) is 4.97. The molecule has 0 radical (unpaired) electrons. The number of nitriles is 1. The van der Waals surface area contributed by atoms with Crippen LogP contribution in [0.25, 0.3) is 0 Å². The highest BCUT2D eigenvalue weighted by Crippen LogP contribution is 2.32. The minimum atomic E-state index is -0.172. The summed E-state index contributed by atoms with van der Waals surface area (Å²) in [6.07, 6.45) is 6.06. The number of nitrogens with one attached hydrogen (secondary N) is 1. The van der Waals surface area contributed by atoms with E-state index in [2.05, 4.69) is 5.32 Å². The van der Waals surface area contributed by atoms with Crippen LogP contribution in [-0.4, -0.2) is 5.91 Å². The van der Waals surface area contributed by atoms with Crippen LogP contribution in [0.5, 0.6) is 0 Å². The van der Waals surface area contributed by atoms with Crippen molar-refractivity contribution in [1.82, 2.24) is 5.32 Å². The fourth-order valence-corrected chi connectivity index (χ4v) is 2.86. The van der Waals surface area contributed by atoms with Gasteiger partial charge in [-0.25, -0.2) is 0 Å². The number of nitrogens with zero attached hydrogens (tertiary/aromatic N) is 1. The molecule has 1 aliphatic carbocycles. The minimum absolute atomic E-state index is 0.0464. The van der Waals surface area contributed by atoms with E-state index in [-0.39, 0.29) is 18.4 Å². The van der Waals surface area contributed by atoms with Crippen molar-refractivity contribution in [2.45, 2.75) is 44.6 Å². The lowest BCUT2D eigenvalue weighted by atomic mass is 9.93. The van der Waals surface area contributed by atoms with Gasteiger partial charge in [-0.3, -0.25) is 4.79 Å². The zero-order chi connectivity index (χ0) is 13.5. The first-order valence-corrected chi connectivity index (χ1v) is 7.01. The Labute approximate surface area is 114 Å². The lowest BCUT2D eigenvalue weighted by Crippen LogP contribution is -2.29. The average Bonchev–Trinajstić information content (AvgIpc) is 2.92. The quantitative estimate of drug-likeness (QED) is 0.878. The molecule has 0 aromatic heterocycles. The Morgan fingerprint density at radius 1 is 1.32 bits per heavy atom. The maximum absolute atomic E-state index is 11.7. The van der Waals surface area contributed by atoms with Gasteiger partial charge in [0.25, 0.3) is 0 Å². The second-order valence-corrected chi connectivity index (χ2v) is 5.25. The first kappa shape index (κ1) is 13.6. The highest BCUT2D eigenvalue weighted by molar-refractivity contribution is 5.78. The van der Waals surface area contributed by atoms with Crippen molar-refractivity contribution in [2.24, 2.45) is 5.92 Å². The number of carbonyl (C=O) groups excluding carboxylic acids is 1. The van der Waals surface area contributed by atoms with E-state index in [1.165, 1.54) is 25.7 Å². The van der Waals surface area contributed by atoms with Gasteiger partial charge in [-0.1, -0.05) is 56.0 Å². The van der Waals surface area contributed by atoms with Gasteiger partial charge in [-0.15, -0.1) is 0 Å². The molecule has 1 atom stereocenters. The van der Waals surface area contributed by atoms with E-state index >= 15 is 0 Å². The fourth-order valence-electron chi connectivity index (χ4n) is 2.86. The summed E-state index contributed by atoms with van der Waals surface area (Å²) in [5.74, 6) is 0.530. The molecule has 1 N–H and O–H groups in total. The van der Waals surface area contributed by atoms with Crippen LogP contribution >= 0.6 is 0 Å². The minimum Gasteiger partial charge on any atom is -0.348 e. The van der Waals surface area contributed by atoms with Crippen molar-refractivity contribution in [1.29, 1.82) is 5.26 Å². The molecule has 100 valence electrons. The maximum atomic E-state index is 11.7. The third kappa shape index (κ3) is 4.10. The van der Waals surface area contributed by atoms with Crippen molar-refractivity contribution in [3.05, 3.63) is 35.9 Å². The molecule has 0 saturated heterocycles. The molecule has 0 aliphatic heterocycles. The highest BCUT2D eigenvalue weighted by Gasteiger charge is 2.22. The SMILES string of the molecule is N#CCC(=O)N[C@@H](CC1CCCC1)c1ccccc1. The molecule has 1 aliphatic rings. The molecule has 1 aromatic rings. The Morgan fingerprint density at radius 3 is 2.63 bits per heavy atom. The molecule has 0 spiro atoms. The summed E-state index contributed by atoms with van der Waals surface area (Å²) in [5.41, 5.74) is 1.14. The van der Waals surface area contributed by atoms with Crippen molar-refractivity contribution in [2.75, 3.05) is 0 Å². The zero-order valence-electron chi connectivity index (χ0n) is 11.1. The van der Waals surface area contributed by atoms with Crippen molar-refractivity contribution in [3.63, 3.8) is 0 Å². The van der Waals surface area contributed by atoms with Gasteiger partial charge in [0.1, 0.15) is 6.42 Å². The Morgan fingerprint density at radius 2 is 2.00 bits per heavy atom. The largest absolute Gasteiger partial charge is 0.348 e. The summed E-state index contributed by atoms with van der Waals surface area (Å²) >= 11 is 0. The first-order valence-electron chi connectivity index (χ1n) is 7.01. The molecule has 19 heavy (non-hydrogen) atoms. The first-order chi connectivity index (χ1) is 9.29. The van der Waals surface area contributed by atoms with Crippen LogP contribution in [0.4, 0.5) is 0 Å². The summed E-state index contributed by atoms with van der Waals surface area (Å²) in [6.45, 7) is 0. The third-order valence-electron chi connectivity index (χ3n) is 3.82. The predicted molar refractivity (Wildman–Crippen MR) is 74.1 cm³/mol. The average molecular weight is 256 g/mol. The predicted octanol–water partition coefficient (Wildman–Crippen LogP) is 3.34. The number of hydrogen-bond acceptors (Lipinski definition) is 2. The van der Waals surface area contributed by atoms with Crippen LogP contribution in [-0.2, 0) is 4.79 Å². The van der Waals surface area contributed by atoms with Gasteiger partial charge in [0.05, 0.1) is 12.1 Å². The molecule has 0 unspecified atom stereocenters. The number of amides is 1. The lowest BCUT2D eigenvalue weighted by molar-refractivity contribution is -0.121. The fraction of sp³-hybridized carbons (Fsp3) is 0.500. The number of hydrogen-bond donors (Lipinski definition) is 1. The maximum Gasteiger partial charge on any atom is 0.234 e. The van der Waals surface area contributed by atoms with Crippen molar-refractivity contribution < 1.29 is 4.79 Å². The highest BCUT2D eigenvalue weighted by atomic mass is 16.1. The van der Waals surface area contributed by atoms with Crippen molar-refractivity contribution in [3.8, 4) is 6.07 Å². The lowest BCUT2D eigenvalue weighted by Gasteiger charge is -2.22. The van der Waals surface area contributed by atoms with Crippen LogP contribution in [0.3, 0.4) is 0 Å². The molecule has 1 saturated carbocycles. The van der Waals surface area contributed by atoms with Gasteiger partial charge >= 0.3 is 0 Å². The van der Waals surface area contributed by atoms with Gasteiger partial charge in [0.2, 0.25) is 5.91 Å². The van der Waals surface area contributed by atoms with Crippen LogP contribution in [0.2, 0.25) is 0 Å². The smallest absolute Gasteiger partial charge is 0.234 e. The molecule has 3 heteroatoms. The third-order valence-corrected chi connectivity index (χ3v) is 3.82. The van der Waals surface area contributed by atoms with E-state index in [4.69, 9.17) is 5.26 Å². The van der Waals surface area contributed by atoms with E-state index < -0.39 is 0 Å². The van der Waals surface area contributed by atoms with Gasteiger partial charge in [0.15, 0.2) is 0 Å². The summed E-state index contributed by atoms with van der Waals surface area (Å²) in [4.78, 5) is 11.7. The molecular formula is C16H20N2O. The molecule has 1 amide bonds. The van der Waals surface area contributed by atoms with Gasteiger partial charge in [-0.05, 0) is 17.9 Å². The molecule has 3 nitrogen and oxygen atoms in total. The molecular weight excluding hydrogens is 236 g/mol. The van der Waals surface area contributed by atoms with Crippen LogP contribution < -0.4 is 5.32 Å². The van der Waals surface area contributed by atoms with Gasteiger partial charge in [-0.2, -0.15) is 5.26 Å². The summed E-state index contributed by atoms with van der Waals surface area (Å²) in [5, 5.41) is 11.6. The second kappa shape index (κ2) is 6.94. The van der Waals surface area contributed by atoms with Crippen LogP contribution in [0, 0.1) is 17.2 Å². The molecule has 1 fully saturated rings. The Balaban J connectivity index is 2.04. The molecule has 1 aromatic carbocycles. The standard InChI is InChI=1S/C16H20N2O/c17-11-10-16(19)18-15(12-13-6-4-5-7-13)14-8-2-1-3-9-14/h1-3,8-9,13,15H,4-7,10,12H2,(H,18,19)/t15-/m0/s1. The van der Waals surface area contributed by atoms with Crippen LogP contribution in [0.15, 0.2) is 30.3 Å². The molecule has 0 bridgehead atoms. The second-order valence-electron chi connectivity index (χ2n) is 5.25. The van der Waals surface area contributed by atoms with Crippen molar-refractivity contribution >= 4 is 5.91 Å². The monoisotopic (exact) mass is 256 g/mol. The van der Waals surface area contributed by atoms with E-state index in [1.54, 1.807) is 0 Å². The van der Waals surface area contributed by atoms with E-state index in [9.17, 15) is 4.79 Å². The van der Waals surface area contributed by atoms with Gasteiger partial charge < -0.3 is 5.32 Å². The van der Waals surface area contributed by atoms with E-state index in [0.717, 1.165) is 12.0 Å². The number of rotatable bonds is 5. The van der Waals surface area contributed by atoms with Crippen LogP contribution in [0.1, 0.15) is 50.1 Å². The summed E-state index contributed by atoms with van der Waals surface area (Å²) < 4.78 is 0. The zero-order valence-corrected chi connectivity index (χ0v) is 11.1. The van der Waals surface area contributed by atoms with Gasteiger partial charge in [0, 0.05) is 0 Å². The topological polar surface area (TPSA) is 52.9 Å². The normalized spacial score (nSPS) is 16.8. The Hall–Kier alpha value is -1.82. The summed E-state index contributed by atoms with van der Waals surface area (Å²) in [6, 6.07) is 12.0. The summed E-state index contributed by atoms with van der Waals surface area (Å²) in [7, 11) is 0. The van der Waals surface area contributed by atoms with E-state index in [1.807, 2.05) is 36.4 Å². The molecule has 2 rings (SSSR count).